The molecule has 0 unspecified atom stereocenters. The zero-order chi connectivity index (χ0) is 21.9. The number of nitrogens with zero attached hydrogens (tertiary/aromatic N) is 3. The van der Waals surface area contributed by atoms with Crippen LogP contribution in [0.2, 0.25) is 0 Å². The third kappa shape index (κ3) is 4.76. The number of benzene rings is 1. The highest BCUT2D eigenvalue weighted by atomic mass is 32.1. The van der Waals surface area contributed by atoms with Crippen LogP contribution in [0, 0.1) is 5.92 Å². The molecule has 1 aromatic carbocycles. The van der Waals surface area contributed by atoms with Gasteiger partial charge in [-0.25, -0.2) is 0 Å². The van der Waals surface area contributed by atoms with Crippen molar-refractivity contribution in [2.75, 3.05) is 32.7 Å². The monoisotopic (exact) mass is 451 g/mol. The lowest BCUT2D eigenvalue weighted by Crippen LogP contribution is -2.50. The maximum atomic E-state index is 13.2. The van der Waals surface area contributed by atoms with Crippen LogP contribution in [0.15, 0.2) is 41.8 Å². The quantitative estimate of drug-likeness (QED) is 0.714. The molecular weight excluding hydrogens is 418 g/mol. The molecule has 2 fully saturated rings. The first-order chi connectivity index (χ1) is 15.7. The van der Waals surface area contributed by atoms with Crippen molar-refractivity contribution in [3.8, 4) is 0 Å². The summed E-state index contributed by atoms with van der Waals surface area (Å²) < 4.78 is 0. The smallest absolute Gasteiger partial charge is 0.227 e. The molecule has 0 bridgehead atoms. The van der Waals surface area contributed by atoms with E-state index in [0.29, 0.717) is 18.4 Å². The van der Waals surface area contributed by atoms with Crippen molar-refractivity contribution in [3.05, 3.63) is 57.8 Å². The lowest BCUT2D eigenvalue weighted by atomic mass is 9.91. The fourth-order valence-corrected chi connectivity index (χ4v) is 6.30. The SMILES string of the molecule is O=C(Cc1cccs1)N1CCC(N2CCC(C(=O)N3CCc4ccccc4C3)CC2)CC1. The van der Waals surface area contributed by atoms with E-state index in [-0.39, 0.29) is 11.8 Å². The average molecular weight is 452 g/mol. The van der Waals surface area contributed by atoms with Crippen LogP contribution in [0.4, 0.5) is 0 Å². The van der Waals surface area contributed by atoms with Crippen LogP contribution in [0.1, 0.15) is 41.7 Å². The zero-order valence-electron chi connectivity index (χ0n) is 18.7. The molecule has 0 saturated carbocycles. The summed E-state index contributed by atoms with van der Waals surface area (Å²) in [5.41, 5.74) is 2.71. The molecule has 2 aromatic rings. The molecule has 0 N–H and O–H groups in total. The van der Waals surface area contributed by atoms with Crippen molar-refractivity contribution in [3.63, 3.8) is 0 Å². The van der Waals surface area contributed by atoms with Gasteiger partial charge in [0.15, 0.2) is 0 Å². The molecule has 4 heterocycles. The van der Waals surface area contributed by atoms with Gasteiger partial charge in [0.1, 0.15) is 0 Å². The Kier molecular flexibility index (Phi) is 6.60. The Morgan fingerprint density at radius 3 is 2.31 bits per heavy atom. The summed E-state index contributed by atoms with van der Waals surface area (Å²) >= 11 is 1.66. The Balaban J connectivity index is 1.07. The predicted octanol–water partition coefficient (Wildman–Crippen LogP) is 3.58. The average Bonchev–Trinajstić information content (AvgIpc) is 3.36. The standard InChI is InChI=1S/C26H33N3O2S/c30-25(18-24-6-3-17-32-24)28-15-10-23(11-16-28)27-12-8-21(9-13-27)26(31)29-14-7-20-4-1-2-5-22(20)19-29/h1-6,17,21,23H,7-16,18-19H2. The van der Waals surface area contributed by atoms with E-state index in [0.717, 1.165) is 76.2 Å². The summed E-state index contributed by atoms with van der Waals surface area (Å²) in [6.07, 6.45) is 5.56. The number of rotatable bonds is 4. The lowest BCUT2D eigenvalue weighted by molar-refractivity contribution is -0.139. The molecule has 5 nitrogen and oxygen atoms in total. The van der Waals surface area contributed by atoms with E-state index >= 15 is 0 Å². The van der Waals surface area contributed by atoms with Gasteiger partial charge in [-0.15, -0.1) is 11.3 Å². The maximum absolute atomic E-state index is 13.2. The predicted molar refractivity (Wildman–Crippen MR) is 127 cm³/mol. The maximum Gasteiger partial charge on any atom is 0.227 e. The van der Waals surface area contributed by atoms with E-state index in [1.807, 2.05) is 22.4 Å². The van der Waals surface area contributed by atoms with Crippen molar-refractivity contribution in [1.82, 2.24) is 14.7 Å². The summed E-state index contributed by atoms with van der Waals surface area (Å²) in [7, 11) is 0. The van der Waals surface area contributed by atoms with Gasteiger partial charge in [0.2, 0.25) is 11.8 Å². The van der Waals surface area contributed by atoms with Crippen molar-refractivity contribution >= 4 is 23.2 Å². The van der Waals surface area contributed by atoms with Crippen LogP contribution in [0.3, 0.4) is 0 Å². The van der Waals surface area contributed by atoms with Crippen LogP contribution in [-0.4, -0.2) is 65.3 Å². The Morgan fingerprint density at radius 2 is 1.59 bits per heavy atom. The van der Waals surface area contributed by atoms with Crippen LogP contribution >= 0.6 is 11.3 Å². The van der Waals surface area contributed by atoms with Gasteiger partial charge in [0.05, 0.1) is 6.42 Å². The van der Waals surface area contributed by atoms with Crippen LogP contribution in [0.5, 0.6) is 0 Å². The fourth-order valence-electron chi connectivity index (χ4n) is 5.61. The van der Waals surface area contributed by atoms with Crippen molar-refractivity contribution in [2.24, 2.45) is 5.92 Å². The molecule has 6 heteroatoms. The first-order valence-corrected chi connectivity index (χ1v) is 12.9. The third-order valence-electron chi connectivity index (χ3n) is 7.56. The molecule has 1 aromatic heterocycles. The van der Waals surface area contributed by atoms with Gasteiger partial charge in [0, 0.05) is 43.0 Å². The summed E-state index contributed by atoms with van der Waals surface area (Å²) in [6, 6.07) is 13.1. The molecule has 170 valence electrons. The number of carbonyl (C=O) groups excluding carboxylic acids is 2. The van der Waals surface area contributed by atoms with Crippen LogP contribution < -0.4 is 0 Å². The molecule has 3 aliphatic heterocycles. The number of carbonyl (C=O) groups is 2. The van der Waals surface area contributed by atoms with Gasteiger partial charge in [-0.05, 0) is 67.8 Å². The number of thiophene rings is 1. The molecular formula is C26H33N3O2S. The minimum absolute atomic E-state index is 0.170. The zero-order valence-corrected chi connectivity index (χ0v) is 19.6. The number of piperidine rings is 2. The van der Waals surface area contributed by atoms with Crippen molar-refractivity contribution < 1.29 is 9.59 Å². The van der Waals surface area contributed by atoms with Gasteiger partial charge in [-0.1, -0.05) is 30.3 Å². The molecule has 32 heavy (non-hydrogen) atoms. The Hall–Kier alpha value is -2.18. The molecule has 5 rings (SSSR count). The summed E-state index contributed by atoms with van der Waals surface area (Å²) in [6.45, 7) is 5.37. The molecule has 0 atom stereocenters. The van der Waals surface area contributed by atoms with E-state index in [1.165, 1.54) is 11.1 Å². The van der Waals surface area contributed by atoms with E-state index in [9.17, 15) is 9.59 Å². The minimum atomic E-state index is 0.170. The summed E-state index contributed by atoms with van der Waals surface area (Å²) in [5.74, 6) is 0.787. The highest BCUT2D eigenvalue weighted by Gasteiger charge is 2.34. The number of likely N-dealkylation sites (tertiary alicyclic amines) is 2. The molecule has 2 amide bonds. The highest BCUT2D eigenvalue weighted by molar-refractivity contribution is 7.10. The van der Waals surface area contributed by atoms with Crippen molar-refractivity contribution in [1.29, 1.82) is 0 Å². The van der Waals surface area contributed by atoms with Crippen LogP contribution in [-0.2, 0) is 29.0 Å². The number of hydrogen-bond acceptors (Lipinski definition) is 4. The van der Waals surface area contributed by atoms with E-state index in [2.05, 4.69) is 34.1 Å². The molecule has 0 radical (unpaired) electrons. The Morgan fingerprint density at radius 1 is 0.844 bits per heavy atom. The second-order valence-corrected chi connectivity index (χ2v) is 10.5. The minimum Gasteiger partial charge on any atom is -0.342 e. The fraction of sp³-hybridized carbons (Fsp3) is 0.538. The summed E-state index contributed by atoms with van der Waals surface area (Å²) in [4.78, 5) is 33.6. The van der Waals surface area contributed by atoms with E-state index in [4.69, 9.17) is 0 Å². The lowest BCUT2D eigenvalue weighted by Gasteiger charge is -2.42. The van der Waals surface area contributed by atoms with Crippen molar-refractivity contribution in [2.45, 2.75) is 51.1 Å². The van der Waals surface area contributed by atoms with Gasteiger partial charge in [-0.2, -0.15) is 0 Å². The van der Waals surface area contributed by atoms with E-state index < -0.39 is 0 Å². The largest absolute Gasteiger partial charge is 0.342 e. The first-order valence-electron chi connectivity index (χ1n) is 12.1. The molecule has 0 spiro atoms. The van der Waals surface area contributed by atoms with Crippen LogP contribution in [0.25, 0.3) is 0 Å². The topological polar surface area (TPSA) is 43.9 Å². The second-order valence-electron chi connectivity index (χ2n) is 9.46. The van der Waals surface area contributed by atoms with E-state index in [1.54, 1.807) is 11.3 Å². The first kappa shape index (κ1) is 21.7. The summed E-state index contributed by atoms with van der Waals surface area (Å²) in [5, 5.41) is 2.04. The second kappa shape index (κ2) is 9.75. The molecule has 3 aliphatic rings. The Labute approximate surface area is 195 Å². The number of fused-ring (bicyclic) bond motifs is 1. The normalized spacial score (nSPS) is 20.9. The van der Waals surface area contributed by atoms with Gasteiger partial charge < -0.3 is 14.7 Å². The molecule has 0 aliphatic carbocycles. The van der Waals surface area contributed by atoms with Gasteiger partial charge in [0.25, 0.3) is 0 Å². The highest BCUT2D eigenvalue weighted by Crippen LogP contribution is 2.27. The number of amides is 2. The van der Waals surface area contributed by atoms with Gasteiger partial charge in [-0.3, -0.25) is 9.59 Å². The van der Waals surface area contributed by atoms with Gasteiger partial charge >= 0.3 is 0 Å². The number of hydrogen-bond donors (Lipinski definition) is 0. The third-order valence-corrected chi connectivity index (χ3v) is 8.44. The Bertz CT molecular complexity index is 928. The molecule has 2 saturated heterocycles.